The minimum absolute atomic E-state index is 0.235. The third-order valence-corrected chi connectivity index (χ3v) is 8.29. The summed E-state index contributed by atoms with van der Waals surface area (Å²) >= 11 is 12.0. The zero-order valence-electron chi connectivity index (χ0n) is 15.1. The van der Waals surface area contributed by atoms with Crippen LogP contribution < -0.4 is 5.32 Å². The molecule has 1 aliphatic carbocycles. The summed E-state index contributed by atoms with van der Waals surface area (Å²) in [5.74, 6) is 0.423. The van der Waals surface area contributed by atoms with Crippen molar-refractivity contribution in [2.45, 2.75) is 42.8 Å². The molecule has 2 aliphatic rings. The van der Waals surface area contributed by atoms with Gasteiger partial charge in [0.15, 0.2) is 0 Å². The van der Waals surface area contributed by atoms with E-state index in [1.165, 1.54) is 12.1 Å². The maximum Gasteiger partial charge on any atom is 0.243 e. The second kappa shape index (κ2) is 6.66. The lowest BCUT2D eigenvalue weighted by atomic mass is 9.94. The van der Waals surface area contributed by atoms with Gasteiger partial charge in [0.05, 0.1) is 10.3 Å². The van der Waals surface area contributed by atoms with Crippen molar-refractivity contribution in [2.75, 3.05) is 18.4 Å². The number of hydrogen-bond donors (Lipinski definition) is 1. The molecule has 1 saturated heterocycles. The number of anilines is 1. The van der Waals surface area contributed by atoms with Gasteiger partial charge in [0.2, 0.25) is 15.9 Å². The zero-order chi connectivity index (χ0) is 19.3. The smallest absolute Gasteiger partial charge is 0.243 e. The zero-order valence-corrected chi connectivity index (χ0v) is 17.5. The summed E-state index contributed by atoms with van der Waals surface area (Å²) in [5, 5.41) is 2.76. The lowest BCUT2D eigenvalue weighted by Gasteiger charge is -2.34. The standard InChI is InChI=1S/C18H24Cl2N2O3S/c1-12-8-13(2)10-22(9-12)26(24,25)15-6-4-14(5-7-15)21-16(23)17(3)11-18(17,19)20/h4-7,12-13H,8-11H2,1-3H3,(H,21,23)/t12-,13-,17+/m1/s1. The van der Waals surface area contributed by atoms with Gasteiger partial charge in [0.1, 0.15) is 4.33 Å². The molecular formula is C18H24Cl2N2O3S. The highest BCUT2D eigenvalue weighted by molar-refractivity contribution is 7.89. The molecule has 2 fully saturated rings. The van der Waals surface area contributed by atoms with Crippen molar-refractivity contribution < 1.29 is 13.2 Å². The largest absolute Gasteiger partial charge is 0.326 e. The van der Waals surface area contributed by atoms with Crippen molar-refractivity contribution >= 4 is 44.8 Å². The molecule has 0 unspecified atom stereocenters. The van der Waals surface area contributed by atoms with Gasteiger partial charge in [-0.15, -0.1) is 23.2 Å². The predicted molar refractivity (Wildman–Crippen MR) is 104 cm³/mol. The summed E-state index contributed by atoms with van der Waals surface area (Å²) in [7, 11) is -3.53. The molecule has 144 valence electrons. The molecule has 0 radical (unpaired) electrons. The van der Waals surface area contributed by atoms with Crippen LogP contribution in [0.3, 0.4) is 0 Å². The van der Waals surface area contributed by atoms with Crippen LogP contribution >= 0.6 is 23.2 Å². The fourth-order valence-electron chi connectivity index (χ4n) is 3.58. The van der Waals surface area contributed by atoms with Gasteiger partial charge in [-0.3, -0.25) is 4.79 Å². The van der Waals surface area contributed by atoms with Crippen molar-refractivity contribution in [1.82, 2.24) is 4.31 Å². The number of alkyl halides is 2. The normalized spacial score (nSPS) is 31.4. The van der Waals surface area contributed by atoms with Crippen LogP contribution in [0.2, 0.25) is 0 Å². The fraction of sp³-hybridized carbons (Fsp3) is 0.611. The van der Waals surface area contributed by atoms with Gasteiger partial charge in [0.25, 0.3) is 0 Å². The van der Waals surface area contributed by atoms with Gasteiger partial charge in [-0.1, -0.05) is 13.8 Å². The topological polar surface area (TPSA) is 66.5 Å². The number of benzene rings is 1. The van der Waals surface area contributed by atoms with Crippen LogP contribution in [-0.2, 0) is 14.8 Å². The molecule has 0 bridgehead atoms. The van der Waals surface area contributed by atoms with Crippen LogP contribution in [0.5, 0.6) is 0 Å². The van der Waals surface area contributed by atoms with Crippen LogP contribution in [-0.4, -0.2) is 36.1 Å². The van der Waals surface area contributed by atoms with Gasteiger partial charge >= 0.3 is 0 Å². The van der Waals surface area contributed by atoms with Gasteiger partial charge < -0.3 is 5.32 Å². The molecule has 5 nitrogen and oxygen atoms in total. The van der Waals surface area contributed by atoms with Crippen LogP contribution in [0.25, 0.3) is 0 Å². The van der Waals surface area contributed by atoms with Crippen LogP contribution in [0, 0.1) is 17.3 Å². The summed E-state index contributed by atoms with van der Waals surface area (Å²) in [4.78, 5) is 12.5. The van der Waals surface area contributed by atoms with Gasteiger partial charge in [-0.25, -0.2) is 8.42 Å². The summed E-state index contributed by atoms with van der Waals surface area (Å²) in [5.41, 5.74) is -0.299. The number of nitrogens with one attached hydrogen (secondary N) is 1. The molecule has 1 aromatic rings. The molecule has 1 amide bonds. The van der Waals surface area contributed by atoms with Crippen LogP contribution in [0.15, 0.2) is 29.2 Å². The predicted octanol–water partition coefficient (Wildman–Crippen LogP) is 3.88. The van der Waals surface area contributed by atoms with Gasteiger partial charge in [0, 0.05) is 18.8 Å². The Balaban J connectivity index is 1.72. The molecular weight excluding hydrogens is 395 g/mol. The van der Waals surface area contributed by atoms with Crippen molar-refractivity contribution in [1.29, 1.82) is 0 Å². The molecule has 0 spiro atoms. The highest BCUT2D eigenvalue weighted by Crippen LogP contribution is 2.64. The number of piperidine rings is 1. The second-order valence-electron chi connectivity index (χ2n) is 7.96. The molecule has 1 aromatic carbocycles. The summed E-state index contributed by atoms with van der Waals surface area (Å²) in [6.45, 7) is 6.93. The maximum absolute atomic E-state index is 12.9. The van der Waals surface area contributed by atoms with E-state index in [0.29, 0.717) is 37.0 Å². The maximum atomic E-state index is 12.9. The van der Waals surface area contributed by atoms with Crippen LogP contribution in [0.4, 0.5) is 5.69 Å². The molecule has 3 atom stereocenters. The first-order valence-corrected chi connectivity index (χ1v) is 10.9. The van der Waals surface area contributed by atoms with Gasteiger partial charge in [-0.05, 0) is 55.9 Å². The van der Waals surface area contributed by atoms with E-state index in [1.54, 1.807) is 23.4 Å². The highest BCUT2D eigenvalue weighted by atomic mass is 35.5. The minimum atomic E-state index is -3.53. The number of nitrogens with zero attached hydrogens (tertiary/aromatic N) is 1. The number of carbonyl (C=O) groups excluding carboxylic acids is 1. The molecule has 1 saturated carbocycles. The quantitative estimate of drug-likeness (QED) is 0.754. The first-order chi connectivity index (χ1) is 12.0. The molecule has 1 aliphatic heterocycles. The monoisotopic (exact) mass is 418 g/mol. The molecule has 1 heterocycles. The number of halogens is 2. The lowest BCUT2D eigenvalue weighted by molar-refractivity contribution is -0.120. The van der Waals surface area contributed by atoms with E-state index in [-0.39, 0.29) is 10.8 Å². The van der Waals surface area contributed by atoms with Crippen LogP contribution in [0.1, 0.15) is 33.6 Å². The van der Waals surface area contributed by atoms with E-state index in [9.17, 15) is 13.2 Å². The number of carbonyl (C=O) groups is 1. The first-order valence-electron chi connectivity index (χ1n) is 8.75. The molecule has 26 heavy (non-hydrogen) atoms. The molecule has 1 N–H and O–H groups in total. The summed E-state index contributed by atoms with van der Waals surface area (Å²) in [6.07, 6.45) is 1.44. The Morgan fingerprint density at radius 1 is 1.15 bits per heavy atom. The summed E-state index contributed by atoms with van der Waals surface area (Å²) in [6, 6.07) is 6.24. The number of amides is 1. The van der Waals surface area contributed by atoms with E-state index in [4.69, 9.17) is 23.2 Å². The number of sulfonamides is 1. The van der Waals surface area contributed by atoms with E-state index >= 15 is 0 Å². The Morgan fingerprint density at radius 3 is 2.12 bits per heavy atom. The molecule has 3 rings (SSSR count). The Labute approximate surface area is 165 Å². The van der Waals surface area contributed by atoms with Crippen molar-refractivity contribution in [3.63, 3.8) is 0 Å². The Morgan fingerprint density at radius 2 is 1.65 bits per heavy atom. The van der Waals surface area contributed by atoms with Crippen molar-refractivity contribution in [3.8, 4) is 0 Å². The van der Waals surface area contributed by atoms with E-state index in [0.717, 1.165) is 6.42 Å². The highest BCUT2D eigenvalue weighted by Gasteiger charge is 2.67. The SMILES string of the molecule is C[C@@H]1C[C@@H](C)CN(S(=O)(=O)c2ccc(NC(=O)[C@]3(C)CC3(Cl)Cl)cc2)C1. The minimum Gasteiger partial charge on any atom is -0.326 e. The third-order valence-electron chi connectivity index (χ3n) is 5.34. The first kappa shape index (κ1) is 19.9. The Bertz CT molecular complexity index is 800. The average Bonchev–Trinajstić information content (AvgIpc) is 3.06. The van der Waals surface area contributed by atoms with E-state index in [2.05, 4.69) is 19.2 Å². The molecule has 0 aromatic heterocycles. The summed E-state index contributed by atoms with van der Waals surface area (Å²) < 4.78 is 26.3. The Kier molecular flexibility index (Phi) is 5.10. The molecule has 8 heteroatoms. The average molecular weight is 419 g/mol. The lowest BCUT2D eigenvalue weighted by Crippen LogP contribution is -2.42. The fourth-order valence-corrected chi connectivity index (χ4v) is 5.96. The van der Waals surface area contributed by atoms with Crippen molar-refractivity contribution in [2.24, 2.45) is 17.3 Å². The number of rotatable bonds is 4. The Hall–Kier alpha value is -0.820. The second-order valence-corrected chi connectivity index (χ2v) is 11.4. The third kappa shape index (κ3) is 3.61. The van der Waals surface area contributed by atoms with Crippen molar-refractivity contribution in [3.05, 3.63) is 24.3 Å². The van der Waals surface area contributed by atoms with E-state index < -0.39 is 19.8 Å². The van der Waals surface area contributed by atoms with E-state index in [1.807, 2.05) is 0 Å². The number of hydrogen-bond acceptors (Lipinski definition) is 3. The van der Waals surface area contributed by atoms with Gasteiger partial charge in [-0.2, -0.15) is 4.31 Å².